The van der Waals surface area contributed by atoms with Crippen molar-refractivity contribution in [2.24, 2.45) is 33.7 Å². The highest BCUT2D eigenvalue weighted by Gasteiger charge is 2.59. The molecule has 1 N–H and O–H groups in total. The summed E-state index contributed by atoms with van der Waals surface area (Å²) in [6, 6.07) is 0. The van der Waals surface area contributed by atoms with Crippen molar-refractivity contribution in [2.45, 2.75) is 78.2 Å². The number of fused-ring (bicyclic) bond motifs is 5. The highest BCUT2D eigenvalue weighted by Crippen LogP contribution is 2.65. The molecule has 0 spiro atoms. The summed E-state index contributed by atoms with van der Waals surface area (Å²) in [4.78, 5) is 11.5. The van der Waals surface area contributed by atoms with E-state index < -0.39 is 0 Å². The van der Waals surface area contributed by atoms with E-state index in [0.717, 1.165) is 43.2 Å². The highest BCUT2D eigenvalue weighted by atomic mass is 16.5. The predicted octanol–water partition coefficient (Wildman–Crippen LogP) is 4.71. The monoisotopic (exact) mass is 345 g/mol. The predicted molar refractivity (Wildman–Crippen MR) is 96.5 cm³/mol. The Kier molecular flexibility index (Phi) is 4.01. The molecule has 0 saturated heterocycles. The second-order valence-electron chi connectivity index (χ2n) is 9.31. The van der Waals surface area contributed by atoms with Crippen molar-refractivity contribution < 1.29 is 14.7 Å². The molecule has 6 atom stereocenters. The number of allylic oxidation sites excluding steroid dienone is 2. The summed E-state index contributed by atoms with van der Waals surface area (Å²) in [6.07, 6.45) is 11.3. The maximum Gasteiger partial charge on any atom is 0.302 e. The minimum absolute atomic E-state index is 0.111. The van der Waals surface area contributed by atoms with Crippen LogP contribution in [0.4, 0.5) is 0 Å². The summed E-state index contributed by atoms with van der Waals surface area (Å²) >= 11 is 0. The van der Waals surface area contributed by atoms with Gasteiger partial charge in [0, 0.05) is 12.3 Å². The van der Waals surface area contributed by atoms with Gasteiger partial charge in [0.05, 0.1) is 5.71 Å². The summed E-state index contributed by atoms with van der Waals surface area (Å²) in [5.41, 5.74) is 2.78. The number of rotatable bonds is 1. The van der Waals surface area contributed by atoms with Crippen LogP contribution in [-0.4, -0.2) is 23.0 Å². The van der Waals surface area contributed by atoms with Gasteiger partial charge in [0.2, 0.25) is 0 Å². The van der Waals surface area contributed by atoms with Crippen LogP contribution in [0, 0.1) is 28.6 Å². The Hall–Kier alpha value is -1.32. The first-order valence-corrected chi connectivity index (χ1v) is 9.97. The number of nitrogens with zero attached hydrogens (tertiary/aromatic N) is 1. The third-order valence-electron chi connectivity index (χ3n) is 8.33. The minimum atomic E-state index is -0.127. The standard InChI is InChI=1S/C21H31NO3/c1-13(23)25-19-7-6-17-16-5-4-14-12-15(22-24)8-10-20(14,2)18(16)9-11-21(17,19)3/h12,16-19,24H,4-11H2,1-3H3/b22-15-/t16-,17-,18-,19-,20+,21-/m1/s1. The Labute approximate surface area is 150 Å². The molecule has 0 bridgehead atoms. The molecule has 3 fully saturated rings. The summed E-state index contributed by atoms with van der Waals surface area (Å²) in [6.45, 7) is 6.37. The molecule has 25 heavy (non-hydrogen) atoms. The summed E-state index contributed by atoms with van der Waals surface area (Å²) in [5.74, 6) is 2.02. The fourth-order valence-electron chi connectivity index (χ4n) is 7.00. The number of ether oxygens (including phenoxy) is 1. The van der Waals surface area contributed by atoms with Crippen LogP contribution in [0.25, 0.3) is 0 Å². The van der Waals surface area contributed by atoms with Crippen molar-refractivity contribution in [3.63, 3.8) is 0 Å². The number of hydrogen-bond acceptors (Lipinski definition) is 4. The van der Waals surface area contributed by atoms with Gasteiger partial charge >= 0.3 is 5.97 Å². The largest absolute Gasteiger partial charge is 0.462 e. The van der Waals surface area contributed by atoms with E-state index in [9.17, 15) is 4.79 Å². The van der Waals surface area contributed by atoms with E-state index in [-0.39, 0.29) is 22.9 Å². The molecule has 3 saturated carbocycles. The van der Waals surface area contributed by atoms with Gasteiger partial charge in [0.25, 0.3) is 0 Å². The topological polar surface area (TPSA) is 58.9 Å². The van der Waals surface area contributed by atoms with Crippen molar-refractivity contribution in [2.75, 3.05) is 0 Å². The van der Waals surface area contributed by atoms with Gasteiger partial charge in [-0.1, -0.05) is 24.6 Å². The zero-order valence-electron chi connectivity index (χ0n) is 15.8. The van der Waals surface area contributed by atoms with Gasteiger partial charge in [-0.15, -0.1) is 0 Å². The summed E-state index contributed by atoms with van der Waals surface area (Å²) in [5, 5.41) is 12.6. The van der Waals surface area contributed by atoms with Crippen LogP contribution in [0.15, 0.2) is 16.8 Å². The zero-order valence-corrected chi connectivity index (χ0v) is 15.8. The fourth-order valence-corrected chi connectivity index (χ4v) is 7.00. The van der Waals surface area contributed by atoms with Crippen LogP contribution >= 0.6 is 0 Å². The molecule has 4 heteroatoms. The van der Waals surface area contributed by atoms with Crippen molar-refractivity contribution in [1.29, 1.82) is 0 Å². The average Bonchev–Trinajstić information content (AvgIpc) is 2.90. The second-order valence-corrected chi connectivity index (χ2v) is 9.31. The first-order chi connectivity index (χ1) is 11.9. The molecule has 0 aromatic rings. The second kappa shape index (κ2) is 5.85. The SMILES string of the molecule is CC(=O)O[C@@H]1CC[C@@H]2[C@H]3CCC4=C/C(=N\O)CC[C@]4(C)[C@@H]3CC[C@]21C. The lowest BCUT2D eigenvalue weighted by Gasteiger charge is -2.57. The van der Waals surface area contributed by atoms with Crippen LogP contribution in [0.5, 0.6) is 0 Å². The Bertz CT molecular complexity index is 639. The Morgan fingerprint density at radius 2 is 1.96 bits per heavy atom. The van der Waals surface area contributed by atoms with E-state index in [2.05, 4.69) is 25.1 Å². The molecule has 4 rings (SSSR count). The lowest BCUT2D eigenvalue weighted by Crippen LogP contribution is -2.51. The molecule has 4 nitrogen and oxygen atoms in total. The summed E-state index contributed by atoms with van der Waals surface area (Å²) < 4.78 is 5.73. The van der Waals surface area contributed by atoms with Crippen LogP contribution in [-0.2, 0) is 9.53 Å². The maximum atomic E-state index is 11.5. The van der Waals surface area contributed by atoms with Crippen LogP contribution in [0.3, 0.4) is 0 Å². The molecule has 138 valence electrons. The number of hydrogen-bond donors (Lipinski definition) is 1. The molecule has 0 radical (unpaired) electrons. The maximum absolute atomic E-state index is 11.5. The van der Waals surface area contributed by atoms with Crippen molar-refractivity contribution in [3.05, 3.63) is 11.6 Å². The zero-order chi connectivity index (χ0) is 17.8. The molecular weight excluding hydrogens is 314 g/mol. The molecule has 4 aliphatic rings. The van der Waals surface area contributed by atoms with E-state index in [1.807, 2.05) is 0 Å². The van der Waals surface area contributed by atoms with Crippen molar-refractivity contribution in [1.82, 2.24) is 0 Å². The van der Waals surface area contributed by atoms with Gasteiger partial charge in [0.15, 0.2) is 0 Å². The van der Waals surface area contributed by atoms with Gasteiger partial charge in [-0.05, 0) is 80.6 Å². The lowest BCUT2D eigenvalue weighted by atomic mass is 9.47. The first kappa shape index (κ1) is 17.1. The van der Waals surface area contributed by atoms with E-state index in [0.29, 0.717) is 5.92 Å². The molecule has 0 unspecified atom stereocenters. The van der Waals surface area contributed by atoms with Gasteiger partial charge in [-0.3, -0.25) is 4.79 Å². The number of oxime groups is 1. The third kappa shape index (κ3) is 2.47. The highest BCUT2D eigenvalue weighted by molar-refractivity contribution is 5.96. The van der Waals surface area contributed by atoms with Gasteiger partial charge < -0.3 is 9.94 Å². The third-order valence-corrected chi connectivity index (χ3v) is 8.33. The molecule has 0 aromatic heterocycles. The smallest absolute Gasteiger partial charge is 0.302 e. The molecule has 4 aliphatic carbocycles. The minimum Gasteiger partial charge on any atom is -0.462 e. The van der Waals surface area contributed by atoms with Gasteiger partial charge in [0.1, 0.15) is 6.10 Å². The number of esters is 1. The van der Waals surface area contributed by atoms with Crippen molar-refractivity contribution >= 4 is 11.7 Å². The van der Waals surface area contributed by atoms with E-state index in [1.54, 1.807) is 6.92 Å². The van der Waals surface area contributed by atoms with E-state index in [4.69, 9.17) is 9.94 Å². The van der Waals surface area contributed by atoms with Crippen LogP contribution in [0.2, 0.25) is 0 Å². The van der Waals surface area contributed by atoms with E-state index >= 15 is 0 Å². The molecule has 0 heterocycles. The molecule has 0 aromatic carbocycles. The quantitative estimate of drug-likeness (QED) is 0.425. The Morgan fingerprint density at radius 1 is 1.16 bits per heavy atom. The normalized spacial score (nSPS) is 47.5. The van der Waals surface area contributed by atoms with Gasteiger partial charge in [-0.2, -0.15) is 0 Å². The fraction of sp³-hybridized carbons (Fsp3) is 0.810. The van der Waals surface area contributed by atoms with Crippen LogP contribution in [0.1, 0.15) is 72.1 Å². The Morgan fingerprint density at radius 3 is 2.68 bits per heavy atom. The summed E-state index contributed by atoms with van der Waals surface area (Å²) in [7, 11) is 0. The molecular formula is C21H31NO3. The lowest BCUT2D eigenvalue weighted by molar-refractivity contribution is -0.157. The number of carbonyl (C=O) groups is 1. The van der Waals surface area contributed by atoms with Crippen molar-refractivity contribution in [3.8, 4) is 0 Å². The average molecular weight is 345 g/mol. The van der Waals surface area contributed by atoms with Gasteiger partial charge in [-0.25, -0.2) is 0 Å². The molecule has 0 amide bonds. The number of carbonyl (C=O) groups excluding carboxylic acids is 1. The van der Waals surface area contributed by atoms with Crippen LogP contribution < -0.4 is 0 Å². The van der Waals surface area contributed by atoms with E-state index in [1.165, 1.54) is 31.3 Å². The Balaban J connectivity index is 1.61. The molecule has 0 aliphatic heterocycles. The first-order valence-electron chi connectivity index (χ1n) is 9.97.